The molecule has 0 saturated heterocycles. The highest BCUT2D eigenvalue weighted by atomic mass is 31.2. The maximum Gasteiger partial charge on any atom is 0.472 e. The second kappa shape index (κ2) is 63.9. The molecule has 0 rings (SSSR count). The Labute approximate surface area is 548 Å². The Balaban J connectivity index is 5.20. The van der Waals surface area contributed by atoms with Gasteiger partial charge in [0.05, 0.1) is 26.4 Å². The van der Waals surface area contributed by atoms with E-state index in [1.54, 1.807) is 0 Å². The fraction of sp³-hybridized carbons (Fsp3) is 0.887. The maximum absolute atomic E-state index is 13.0. The number of carbonyl (C=O) groups is 4. The molecule has 90 heavy (non-hydrogen) atoms. The fourth-order valence-electron chi connectivity index (χ4n) is 10.3. The molecule has 0 aliphatic heterocycles. The lowest BCUT2D eigenvalue weighted by Gasteiger charge is -2.21. The number of esters is 4. The highest BCUT2D eigenvalue weighted by molar-refractivity contribution is 7.47. The van der Waals surface area contributed by atoms with Crippen molar-refractivity contribution in [3.8, 4) is 0 Å². The summed E-state index contributed by atoms with van der Waals surface area (Å²) in [7, 11) is -9.90. The van der Waals surface area contributed by atoms with E-state index in [-0.39, 0.29) is 25.7 Å². The lowest BCUT2D eigenvalue weighted by molar-refractivity contribution is -0.161. The monoisotopic (exact) mass is 1320 g/mol. The summed E-state index contributed by atoms with van der Waals surface area (Å²) in [5.41, 5.74) is 0. The maximum atomic E-state index is 13.0. The van der Waals surface area contributed by atoms with Gasteiger partial charge >= 0.3 is 39.5 Å². The molecule has 0 aliphatic rings. The van der Waals surface area contributed by atoms with E-state index in [1.807, 2.05) is 0 Å². The summed E-state index contributed by atoms with van der Waals surface area (Å²) in [5.74, 6) is -1.49. The number of hydrogen-bond acceptors (Lipinski definition) is 15. The van der Waals surface area contributed by atoms with Gasteiger partial charge in [0.1, 0.15) is 19.3 Å². The summed E-state index contributed by atoms with van der Waals surface area (Å²) in [5, 5.41) is 10.6. The van der Waals surface area contributed by atoms with Crippen molar-refractivity contribution < 1.29 is 80.2 Å². The first kappa shape index (κ1) is 87.5. The second-order valence-corrected chi connectivity index (χ2v) is 28.3. The molecule has 530 valence electrons. The normalized spacial score (nSPS) is 14.2. The van der Waals surface area contributed by atoms with Crippen molar-refractivity contribution in [1.29, 1.82) is 0 Å². The van der Waals surface area contributed by atoms with Crippen LogP contribution >= 0.6 is 15.6 Å². The molecule has 0 bridgehead atoms. The number of phosphoric acid groups is 2. The summed E-state index contributed by atoms with van der Waals surface area (Å²) in [6.45, 7) is 7.04. The van der Waals surface area contributed by atoms with Crippen molar-refractivity contribution in [3.05, 3.63) is 24.3 Å². The molecule has 0 radical (unpaired) electrons. The van der Waals surface area contributed by atoms with E-state index < -0.39 is 97.5 Å². The third-order valence-electron chi connectivity index (χ3n) is 15.9. The summed E-state index contributed by atoms with van der Waals surface area (Å²) >= 11 is 0. The number of allylic oxidation sites excluding steroid dienone is 4. The van der Waals surface area contributed by atoms with E-state index in [4.69, 9.17) is 37.0 Å². The molecule has 17 nitrogen and oxygen atoms in total. The van der Waals surface area contributed by atoms with Crippen LogP contribution in [-0.4, -0.2) is 96.7 Å². The van der Waals surface area contributed by atoms with Crippen LogP contribution in [0.25, 0.3) is 0 Å². The number of rotatable bonds is 69. The van der Waals surface area contributed by atoms with Crippen LogP contribution in [0.1, 0.15) is 343 Å². The predicted molar refractivity (Wildman–Crippen MR) is 363 cm³/mol. The first-order valence-electron chi connectivity index (χ1n) is 36.5. The Morgan fingerprint density at radius 2 is 0.600 bits per heavy atom. The molecule has 0 fully saturated rings. The van der Waals surface area contributed by atoms with Crippen LogP contribution < -0.4 is 0 Å². The van der Waals surface area contributed by atoms with Crippen molar-refractivity contribution >= 4 is 39.5 Å². The summed E-state index contributed by atoms with van der Waals surface area (Å²) in [4.78, 5) is 72.3. The van der Waals surface area contributed by atoms with E-state index in [0.29, 0.717) is 31.6 Å². The average Bonchev–Trinajstić information content (AvgIpc) is 3.71. The number of aliphatic hydroxyl groups excluding tert-OH is 1. The number of carbonyl (C=O) groups excluding carboxylic acids is 4. The molecule has 0 aromatic heterocycles. The van der Waals surface area contributed by atoms with Gasteiger partial charge in [0, 0.05) is 25.7 Å². The topological polar surface area (TPSA) is 237 Å². The molecule has 2 unspecified atom stereocenters. The van der Waals surface area contributed by atoms with Crippen LogP contribution in [0.5, 0.6) is 0 Å². The molecule has 19 heteroatoms. The lowest BCUT2D eigenvalue weighted by Crippen LogP contribution is -2.30. The first-order valence-corrected chi connectivity index (χ1v) is 39.4. The number of hydrogen-bond donors (Lipinski definition) is 3. The Hall–Kier alpha value is -2.46. The number of unbranched alkanes of at least 4 members (excludes halogenated alkanes) is 38. The van der Waals surface area contributed by atoms with Gasteiger partial charge in [0.25, 0.3) is 0 Å². The largest absolute Gasteiger partial charge is 0.472 e. The van der Waals surface area contributed by atoms with Crippen LogP contribution in [0, 0.1) is 5.92 Å². The van der Waals surface area contributed by atoms with Crippen LogP contribution in [0.4, 0.5) is 0 Å². The Morgan fingerprint density at radius 1 is 0.344 bits per heavy atom. The SMILES string of the molecule is CCCCCC/C=C\C=C/CCCCCCCC(=O)OC[C@H](COP(=O)(O)OC[C@@H](O)COP(=O)(O)OC[C@@H](COC(=O)CCCCCCCCC)OC(=O)CCCCCCCCC(C)C)OC(=O)CCCCCCCCCCCCCCCCCCCCC. The summed E-state index contributed by atoms with van der Waals surface area (Å²) in [6, 6.07) is 0. The van der Waals surface area contributed by atoms with Crippen LogP contribution in [0.3, 0.4) is 0 Å². The van der Waals surface area contributed by atoms with Gasteiger partial charge in [-0.2, -0.15) is 0 Å². The number of aliphatic hydroxyl groups is 1. The zero-order chi connectivity index (χ0) is 66.3. The summed E-state index contributed by atoms with van der Waals surface area (Å²) < 4.78 is 68.1. The lowest BCUT2D eigenvalue weighted by atomic mass is 10.0. The Morgan fingerprint density at radius 3 is 0.911 bits per heavy atom. The first-order chi connectivity index (χ1) is 43.5. The van der Waals surface area contributed by atoms with Crippen molar-refractivity contribution in [2.24, 2.45) is 5.92 Å². The minimum Gasteiger partial charge on any atom is -0.462 e. The van der Waals surface area contributed by atoms with Gasteiger partial charge in [-0.15, -0.1) is 0 Å². The highest BCUT2D eigenvalue weighted by Gasteiger charge is 2.30. The Bertz CT molecular complexity index is 1830. The van der Waals surface area contributed by atoms with E-state index in [2.05, 4.69) is 58.9 Å². The third kappa shape index (κ3) is 64.3. The molecule has 0 spiro atoms. The van der Waals surface area contributed by atoms with E-state index in [0.717, 1.165) is 122 Å². The van der Waals surface area contributed by atoms with Gasteiger partial charge in [-0.25, -0.2) is 9.13 Å². The third-order valence-corrected chi connectivity index (χ3v) is 17.8. The minimum atomic E-state index is -4.96. The van der Waals surface area contributed by atoms with E-state index in [1.165, 1.54) is 135 Å². The van der Waals surface area contributed by atoms with Crippen molar-refractivity contribution in [1.82, 2.24) is 0 Å². The Kier molecular flexibility index (Phi) is 62.2. The number of phosphoric ester groups is 2. The van der Waals surface area contributed by atoms with Gasteiger partial charge in [0.2, 0.25) is 0 Å². The standard InChI is InChI=1S/C71H134O17P2/c1-6-9-12-15-18-20-22-24-26-27-28-29-31-33-35-37-40-46-51-56-70(75)87-66(61-82-69(74)55-50-45-39-36-34-32-30-25-23-21-19-16-13-10-7-2)62-85-89(77,78)83-58-65(72)59-84-90(79,80)86-63-67(60-81-68(73)54-49-44-38-17-14-11-8-3)88-71(76)57-52-47-42-41-43-48-53-64(4)5/h21,23,25,30,64-67,72H,6-20,22,24,26-29,31-63H2,1-5H3,(H,77,78)(H,79,80)/b23-21-,30-25-/t65-,66-,67-/m1/s1. The molecule has 0 aromatic carbocycles. The van der Waals surface area contributed by atoms with Gasteiger partial charge in [-0.05, 0) is 57.3 Å². The molecular weight excluding hydrogens is 1190 g/mol. The molecule has 0 aliphatic carbocycles. The van der Waals surface area contributed by atoms with Gasteiger partial charge in [0.15, 0.2) is 12.2 Å². The van der Waals surface area contributed by atoms with Gasteiger partial charge < -0.3 is 33.8 Å². The zero-order valence-corrected chi connectivity index (χ0v) is 59.5. The second-order valence-electron chi connectivity index (χ2n) is 25.4. The fourth-order valence-corrected chi connectivity index (χ4v) is 11.9. The van der Waals surface area contributed by atoms with Crippen molar-refractivity contribution in [2.75, 3.05) is 39.6 Å². The molecule has 0 heterocycles. The molecule has 0 aromatic rings. The predicted octanol–water partition coefficient (Wildman–Crippen LogP) is 20.1. The minimum absolute atomic E-state index is 0.0996. The average molecular weight is 1320 g/mol. The van der Waals surface area contributed by atoms with E-state index >= 15 is 0 Å². The molecule has 5 atom stereocenters. The van der Waals surface area contributed by atoms with Gasteiger partial charge in [-0.1, -0.05) is 290 Å². The smallest absolute Gasteiger partial charge is 0.462 e. The zero-order valence-electron chi connectivity index (χ0n) is 57.8. The molecule has 0 amide bonds. The molecule has 3 N–H and O–H groups in total. The van der Waals surface area contributed by atoms with Gasteiger partial charge in [-0.3, -0.25) is 37.3 Å². The van der Waals surface area contributed by atoms with Crippen LogP contribution in [0.2, 0.25) is 0 Å². The van der Waals surface area contributed by atoms with E-state index in [9.17, 15) is 43.2 Å². The number of ether oxygens (including phenoxy) is 4. The molecular formula is C71H134O17P2. The van der Waals surface area contributed by atoms with Crippen LogP contribution in [0.15, 0.2) is 24.3 Å². The summed E-state index contributed by atoms with van der Waals surface area (Å²) in [6.07, 6.45) is 54.0. The van der Waals surface area contributed by atoms with Crippen LogP contribution in [-0.2, 0) is 65.4 Å². The van der Waals surface area contributed by atoms with Crippen molar-refractivity contribution in [2.45, 2.75) is 361 Å². The molecule has 0 saturated carbocycles. The highest BCUT2D eigenvalue weighted by Crippen LogP contribution is 2.45. The quantitative estimate of drug-likeness (QED) is 0.0169. The van der Waals surface area contributed by atoms with Crippen molar-refractivity contribution in [3.63, 3.8) is 0 Å².